The third-order valence-electron chi connectivity index (χ3n) is 5.91. The van der Waals surface area contributed by atoms with Gasteiger partial charge in [0.15, 0.2) is 0 Å². The predicted octanol–water partition coefficient (Wildman–Crippen LogP) is 3.74. The zero-order valence-electron chi connectivity index (χ0n) is 18.8. The van der Waals surface area contributed by atoms with Gasteiger partial charge in [-0.3, -0.25) is 13.6 Å². The summed E-state index contributed by atoms with van der Waals surface area (Å²) < 4.78 is 33.8. The standard InChI is InChI=1S/C25H23FN4O3S/c1-16-3-6-21(26)20(11-16)18-13-27-25(28-14-18)30-15-23(34(2)32)19-5-4-17(12-22(19)30)24(31)29-7-9-33-10-8-29/h3-6,11-15H,7-10H2,1-2H3. The van der Waals surface area contributed by atoms with Crippen LogP contribution in [-0.2, 0) is 15.5 Å². The van der Waals surface area contributed by atoms with Crippen molar-refractivity contribution in [2.45, 2.75) is 11.8 Å². The van der Waals surface area contributed by atoms with E-state index in [4.69, 9.17) is 4.74 Å². The number of rotatable bonds is 4. The van der Waals surface area contributed by atoms with E-state index in [1.807, 2.05) is 13.0 Å². The molecule has 5 rings (SSSR count). The molecule has 0 aliphatic carbocycles. The van der Waals surface area contributed by atoms with E-state index in [2.05, 4.69) is 9.97 Å². The van der Waals surface area contributed by atoms with Gasteiger partial charge in [-0.1, -0.05) is 17.7 Å². The number of aryl methyl sites for hydroxylation is 1. The molecule has 0 bridgehead atoms. The third-order valence-corrected chi connectivity index (χ3v) is 6.86. The number of hydrogen-bond acceptors (Lipinski definition) is 5. The Balaban J connectivity index is 1.57. The average molecular weight is 479 g/mol. The van der Waals surface area contributed by atoms with Crippen LogP contribution in [0.5, 0.6) is 0 Å². The van der Waals surface area contributed by atoms with Crippen molar-refractivity contribution in [2.75, 3.05) is 32.6 Å². The molecule has 4 aromatic rings. The second kappa shape index (κ2) is 9.08. The highest BCUT2D eigenvalue weighted by molar-refractivity contribution is 7.84. The number of carbonyl (C=O) groups excluding carboxylic acids is 1. The lowest BCUT2D eigenvalue weighted by Gasteiger charge is -2.26. The summed E-state index contributed by atoms with van der Waals surface area (Å²) in [6.45, 7) is 4.02. The van der Waals surface area contributed by atoms with Crippen LogP contribution in [0.15, 0.2) is 59.9 Å². The highest BCUT2D eigenvalue weighted by atomic mass is 32.2. The van der Waals surface area contributed by atoms with Gasteiger partial charge in [0.1, 0.15) is 5.82 Å². The summed E-state index contributed by atoms with van der Waals surface area (Å²) in [5.41, 5.74) is 3.13. The normalized spacial score (nSPS) is 15.0. The summed E-state index contributed by atoms with van der Waals surface area (Å²) in [6.07, 6.45) is 6.47. The minimum atomic E-state index is -1.26. The second-order valence-electron chi connectivity index (χ2n) is 8.21. The number of amides is 1. The number of morpholine rings is 1. The molecule has 1 atom stereocenters. The molecule has 0 N–H and O–H groups in total. The van der Waals surface area contributed by atoms with Gasteiger partial charge in [0, 0.05) is 60.0 Å². The first-order valence-corrected chi connectivity index (χ1v) is 12.4. The first-order valence-electron chi connectivity index (χ1n) is 10.9. The Kier molecular flexibility index (Phi) is 5.97. The SMILES string of the molecule is Cc1ccc(F)c(-c2cnc(-n3cc(S(C)=O)c4ccc(C(=O)N5CCOCC5)cc43)nc2)c1. The molecule has 174 valence electrons. The monoisotopic (exact) mass is 478 g/mol. The quantitative estimate of drug-likeness (QED) is 0.447. The molecule has 1 aliphatic heterocycles. The minimum absolute atomic E-state index is 0.0803. The van der Waals surface area contributed by atoms with E-state index < -0.39 is 10.8 Å². The van der Waals surface area contributed by atoms with E-state index >= 15 is 0 Å². The average Bonchev–Trinajstić information content (AvgIpc) is 3.25. The summed E-state index contributed by atoms with van der Waals surface area (Å²) >= 11 is 0. The summed E-state index contributed by atoms with van der Waals surface area (Å²) in [5, 5.41) is 0.761. The largest absolute Gasteiger partial charge is 0.378 e. The van der Waals surface area contributed by atoms with Crippen molar-refractivity contribution in [1.29, 1.82) is 0 Å². The van der Waals surface area contributed by atoms with Gasteiger partial charge in [-0.25, -0.2) is 14.4 Å². The maximum atomic E-state index is 14.3. The Morgan fingerprint density at radius 2 is 1.82 bits per heavy atom. The molecule has 9 heteroatoms. The molecule has 1 aliphatic rings. The number of ether oxygens (including phenoxy) is 1. The van der Waals surface area contributed by atoms with Crippen LogP contribution in [0.4, 0.5) is 4.39 Å². The molecule has 0 radical (unpaired) electrons. The van der Waals surface area contributed by atoms with Crippen LogP contribution >= 0.6 is 0 Å². The number of benzene rings is 2. The zero-order chi connectivity index (χ0) is 23.8. The highest BCUT2D eigenvalue weighted by Crippen LogP contribution is 2.29. The number of carbonyl (C=O) groups is 1. The van der Waals surface area contributed by atoms with Crippen LogP contribution in [0.1, 0.15) is 15.9 Å². The van der Waals surface area contributed by atoms with E-state index in [9.17, 15) is 13.4 Å². The topological polar surface area (TPSA) is 77.3 Å². The Morgan fingerprint density at radius 1 is 1.09 bits per heavy atom. The molecule has 0 saturated carbocycles. The van der Waals surface area contributed by atoms with Gasteiger partial charge in [-0.05, 0) is 31.2 Å². The maximum Gasteiger partial charge on any atom is 0.254 e. The summed E-state index contributed by atoms with van der Waals surface area (Å²) in [5.74, 6) is -0.0823. The van der Waals surface area contributed by atoms with Gasteiger partial charge in [-0.2, -0.15) is 0 Å². The molecular weight excluding hydrogens is 455 g/mol. The van der Waals surface area contributed by atoms with Crippen LogP contribution in [0.2, 0.25) is 0 Å². The lowest BCUT2D eigenvalue weighted by molar-refractivity contribution is 0.0303. The second-order valence-corrected chi connectivity index (χ2v) is 9.56. The molecule has 7 nitrogen and oxygen atoms in total. The Bertz CT molecular complexity index is 1410. The third kappa shape index (κ3) is 4.12. The fourth-order valence-electron chi connectivity index (χ4n) is 4.12. The van der Waals surface area contributed by atoms with Crippen LogP contribution in [0, 0.1) is 12.7 Å². The summed E-state index contributed by atoms with van der Waals surface area (Å²) in [4.78, 5) is 24.3. The fourth-order valence-corrected chi connectivity index (χ4v) is 4.85. The van der Waals surface area contributed by atoms with Crippen molar-refractivity contribution in [3.05, 3.63) is 71.9 Å². The van der Waals surface area contributed by atoms with Crippen molar-refractivity contribution in [2.24, 2.45) is 0 Å². The fraction of sp³-hybridized carbons (Fsp3) is 0.240. The van der Waals surface area contributed by atoms with Crippen molar-refractivity contribution in [1.82, 2.24) is 19.4 Å². The van der Waals surface area contributed by atoms with E-state index in [1.165, 1.54) is 6.07 Å². The number of hydrogen-bond donors (Lipinski definition) is 0. The highest BCUT2D eigenvalue weighted by Gasteiger charge is 2.21. The molecule has 3 heterocycles. The number of nitrogens with zero attached hydrogens (tertiary/aromatic N) is 4. The lowest BCUT2D eigenvalue weighted by Crippen LogP contribution is -2.40. The molecular formula is C25H23FN4O3S. The van der Waals surface area contributed by atoms with Gasteiger partial charge >= 0.3 is 0 Å². The molecule has 2 aromatic heterocycles. The van der Waals surface area contributed by atoms with Crippen LogP contribution in [-0.4, -0.2) is 62.1 Å². The van der Waals surface area contributed by atoms with E-state index in [0.29, 0.717) is 59.4 Å². The molecule has 1 unspecified atom stereocenters. The summed E-state index contributed by atoms with van der Waals surface area (Å²) in [6, 6.07) is 10.2. The Morgan fingerprint density at radius 3 is 2.53 bits per heavy atom. The molecule has 1 saturated heterocycles. The number of fused-ring (bicyclic) bond motifs is 1. The molecule has 34 heavy (non-hydrogen) atoms. The molecule has 1 amide bonds. The lowest BCUT2D eigenvalue weighted by atomic mass is 10.1. The van der Waals surface area contributed by atoms with Crippen LogP contribution in [0.25, 0.3) is 28.0 Å². The van der Waals surface area contributed by atoms with E-state index in [1.54, 1.807) is 58.6 Å². The van der Waals surface area contributed by atoms with Crippen LogP contribution < -0.4 is 0 Å². The first kappa shape index (κ1) is 22.4. The van der Waals surface area contributed by atoms with Gasteiger partial charge in [0.25, 0.3) is 5.91 Å². The Hall–Kier alpha value is -3.43. The molecule has 0 spiro atoms. The van der Waals surface area contributed by atoms with Crippen molar-refractivity contribution in [3.8, 4) is 17.1 Å². The van der Waals surface area contributed by atoms with Crippen molar-refractivity contribution >= 4 is 27.6 Å². The van der Waals surface area contributed by atoms with Gasteiger partial charge in [-0.15, -0.1) is 0 Å². The van der Waals surface area contributed by atoms with Gasteiger partial charge in [0.2, 0.25) is 5.95 Å². The maximum absolute atomic E-state index is 14.3. The predicted molar refractivity (Wildman–Crippen MR) is 128 cm³/mol. The van der Waals surface area contributed by atoms with E-state index in [-0.39, 0.29) is 11.7 Å². The van der Waals surface area contributed by atoms with Crippen molar-refractivity contribution < 1.29 is 18.1 Å². The summed E-state index contributed by atoms with van der Waals surface area (Å²) in [7, 11) is -1.26. The first-order chi connectivity index (χ1) is 16.4. The minimum Gasteiger partial charge on any atom is -0.378 e. The van der Waals surface area contributed by atoms with E-state index in [0.717, 1.165) is 10.9 Å². The zero-order valence-corrected chi connectivity index (χ0v) is 19.6. The van der Waals surface area contributed by atoms with Gasteiger partial charge < -0.3 is 9.64 Å². The van der Waals surface area contributed by atoms with Crippen molar-refractivity contribution in [3.63, 3.8) is 0 Å². The van der Waals surface area contributed by atoms with Crippen LogP contribution in [0.3, 0.4) is 0 Å². The molecule has 1 fully saturated rings. The molecule has 2 aromatic carbocycles. The smallest absolute Gasteiger partial charge is 0.254 e. The number of halogens is 1. The van der Waals surface area contributed by atoms with Gasteiger partial charge in [0.05, 0.1) is 34.4 Å². The number of aromatic nitrogens is 3. The Labute approximate surface area is 198 Å².